The molecule has 30 heteroatoms. The predicted molar refractivity (Wildman–Crippen MR) is 330 cm³/mol. The number of carbonyl (C=O) groups excluding carboxylic acids is 7. The van der Waals surface area contributed by atoms with Crippen LogP contribution in [0.15, 0.2) is 47.0 Å². The van der Waals surface area contributed by atoms with Gasteiger partial charge in [0.2, 0.25) is 29.6 Å². The van der Waals surface area contributed by atoms with E-state index in [0.717, 1.165) is 12.3 Å². The molecule has 27 nitrogen and oxygen atoms in total. The van der Waals surface area contributed by atoms with E-state index >= 15 is 4.39 Å². The molecule has 0 aliphatic carbocycles. The number of hydrogen-bond donors (Lipinski definition) is 7. The molecule has 91 heavy (non-hydrogen) atoms. The van der Waals surface area contributed by atoms with Crippen molar-refractivity contribution in [2.24, 2.45) is 10.3 Å². The Labute approximate surface area is 529 Å². The molecule has 3 aromatic rings. The number of carbonyl (C=O) groups is 8. The normalized spacial score (nSPS) is 15.8. The van der Waals surface area contributed by atoms with Gasteiger partial charge in [-0.3, -0.25) is 28.8 Å². The first kappa shape index (κ1) is 73.9. The van der Waals surface area contributed by atoms with E-state index in [1.54, 1.807) is 73.6 Å². The molecule has 3 heterocycles. The Bertz CT molecular complexity index is 3120. The monoisotopic (exact) mass is 1300 g/mol. The van der Waals surface area contributed by atoms with Gasteiger partial charge in [0.25, 0.3) is 5.91 Å². The van der Waals surface area contributed by atoms with Crippen molar-refractivity contribution in [2.45, 2.75) is 154 Å². The first-order valence-electron chi connectivity index (χ1n) is 30.3. The van der Waals surface area contributed by atoms with Gasteiger partial charge in [-0.05, 0) is 122 Å². The van der Waals surface area contributed by atoms with E-state index in [9.17, 15) is 52.1 Å². The van der Waals surface area contributed by atoms with Gasteiger partial charge in [0, 0.05) is 55.7 Å². The molecule has 5 rings (SSSR count). The van der Waals surface area contributed by atoms with Crippen LogP contribution in [0.25, 0.3) is 11.3 Å². The van der Waals surface area contributed by atoms with Crippen molar-refractivity contribution in [3.8, 4) is 22.8 Å². The number of likely N-dealkylation sites (tertiary alicyclic amines) is 1. The topological polar surface area (TPSA) is 352 Å². The quantitative estimate of drug-likeness (QED) is 0.0387. The van der Waals surface area contributed by atoms with E-state index in [4.69, 9.17) is 33.2 Å². The fraction of sp³-hybridized carbons (Fsp3) is 0.607. The highest BCUT2D eigenvalue weighted by molar-refractivity contribution is 7.92. The van der Waals surface area contributed by atoms with Crippen LogP contribution in [0.1, 0.15) is 119 Å². The second-order valence-corrected chi connectivity index (χ2v) is 26.5. The average molecular weight is 1300 g/mol. The molecule has 2 aliphatic heterocycles. The third kappa shape index (κ3) is 26.9. The number of alkyl carbamates (subject to hydrolysis) is 2. The number of aliphatic carboxylic acids is 1. The second-order valence-electron chi connectivity index (χ2n) is 24.1. The van der Waals surface area contributed by atoms with Gasteiger partial charge >= 0.3 is 18.2 Å². The number of halogens is 2. The number of ether oxygens (including phenoxy) is 7. The van der Waals surface area contributed by atoms with Crippen LogP contribution >= 0.6 is 0 Å². The summed E-state index contributed by atoms with van der Waals surface area (Å²) in [4.78, 5) is 114. The molecular formula is C61H88F2N10O17S. The number of nitrogens with zero attached hydrogens (tertiary/aromatic N) is 4. The lowest BCUT2D eigenvalue weighted by Crippen LogP contribution is -2.56. The van der Waals surface area contributed by atoms with Crippen LogP contribution in [-0.4, -0.2) is 186 Å². The molecule has 2 aliphatic rings. The van der Waals surface area contributed by atoms with Crippen LogP contribution in [0.5, 0.6) is 11.5 Å². The zero-order valence-corrected chi connectivity index (χ0v) is 54.0. The van der Waals surface area contributed by atoms with Crippen LogP contribution in [-0.2, 0) is 67.9 Å². The number of hydrogen-bond acceptors (Lipinski definition) is 19. The summed E-state index contributed by atoms with van der Waals surface area (Å²) in [7, 11) is -3.39. The maximum Gasteiger partial charge on any atom is 0.408 e. The number of amides is 7. The summed E-state index contributed by atoms with van der Waals surface area (Å²) < 4.78 is 86.8. The number of aromatic nitrogens is 2. The number of anilines is 2. The van der Waals surface area contributed by atoms with E-state index in [-0.39, 0.29) is 114 Å². The van der Waals surface area contributed by atoms with E-state index in [2.05, 4.69) is 46.2 Å². The Hall–Kier alpha value is -7.83. The zero-order valence-electron chi connectivity index (χ0n) is 53.2. The Morgan fingerprint density at radius 3 is 2.15 bits per heavy atom. The summed E-state index contributed by atoms with van der Waals surface area (Å²) >= 11 is 0. The lowest BCUT2D eigenvalue weighted by atomic mass is 10.0. The number of rotatable bonds is 29. The number of unbranched alkanes of at least 4 members (excludes halogenated alkanes) is 1. The summed E-state index contributed by atoms with van der Waals surface area (Å²) in [5, 5.41) is 25.9. The molecular weight excluding hydrogens is 1210 g/mol. The Balaban J connectivity index is 1.06. The first-order chi connectivity index (χ1) is 43.0. The minimum atomic E-state index is -3.39. The Kier molecular flexibility index (Phi) is 29.0. The minimum Gasteiger partial charge on any atom is -0.494 e. The van der Waals surface area contributed by atoms with Gasteiger partial charge in [-0.1, -0.05) is 13.8 Å². The van der Waals surface area contributed by atoms with Crippen LogP contribution in [0, 0.1) is 17.6 Å². The molecule has 7 N–H and O–H groups in total. The summed E-state index contributed by atoms with van der Waals surface area (Å²) in [5.74, 6) is -6.74. The number of carboxylic acids is 1. The second kappa shape index (κ2) is 35.7. The fourth-order valence-electron chi connectivity index (χ4n) is 9.30. The Morgan fingerprint density at radius 1 is 0.802 bits per heavy atom. The van der Waals surface area contributed by atoms with Gasteiger partial charge in [0.15, 0.2) is 5.82 Å². The first-order valence-corrected chi connectivity index (χ1v) is 32.4. The summed E-state index contributed by atoms with van der Waals surface area (Å²) in [5.41, 5.74) is -0.574. The van der Waals surface area contributed by atoms with Crippen molar-refractivity contribution in [3.05, 3.63) is 59.8 Å². The molecule has 0 radical (unpaired) electrons. The standard InChI is InChI=1S/C61H88F2N10O17S/c1-38(2)51(55(79)72-91(9,83)37-39-31-41-34-42(32-39)87-23-12-13-24-88-48-33-40(62)17-18-43(48)52-44(63)36-66-57(67-41)71-52)70-54(78)47-16-14-22-73(47)56(80)46(35-50(75)76)68-49(74)19-25-84-27-29-86-30-28-85-26-21-64-53(77)45(69-59(82)90-61(6,7)8)15-10-11-20-65-58(81)89-60(3,4)5/h17-18,31-34,36,38,45-47,51H,10-16,19-30,35,37H2,1-9H3,(H,64,77)(H,65,81)(H,68,74)(H,69,82)(H,70,78)(H,75,76)(H,66,67,71)/t45-,46-,47-,51-,91-/m0/s1. The fourth-order valence-corrected chi connectivity index (χ4v) is 10.6. The molecule has 7 amide bonds. The van der Waals surface area contributed by atoms with E-state index in [0.29, 0.717) is 55.6 Å². The van der Waals surface area contributed by atoms with Gasteiger partial charge in [-0.2, -0.15) is 4.36 Å². The molecule has 504 valence electrons. The number of nitrogens with one attached hydrogen (secondary N) is 6. The highest BCUT2D eigenvalue weighted by Gasteiger charge is 2.40. The number of benzene rings is 2. The van der Waals surface area contributed by atoms with Gasteiger partial charge < -0.3 is 75.1 Å². The minimum absolute atomic E-state index is 0.0361. The van der Waals surface area contributed by atoms with Crippen LogP contribution in [0.3, 0.4) is 0 Å². The Morgan fingerprint density at radius 2 is 1.47 bits per heavy atom. The largest absolute Gasteiger partial charge is 0.494 e. The van der Waals surface area contributed by atoms with E-state index < -0.39 is 117 Å². The third-order valence-electron chi connectivity index (χ3n) is 13.4. The van der Waals surface area contributed by atoms with Crippen LogP contribution in [0.4, 0.5) is 30.0 Å². The molecule has 0 spiro atoms. The van der Waals surface area contributed by atoms with Crippen molar-refractivity contribution < 1.29 is 89.6 Å². The van der Waals surface area contributed by atoms with Crippen molar-refractivity contribution in [2.75, 3.05) is 84.1 Å². The molecule has 0 unspecified atom stereocenters. The molecule has 5 atom stereocenters. The van der Waals surface area contributed by atoms with E-state index in [1.165, 1.54) is 23.3 Å². The maximum atomic E-state index is 15.2. The van der Waals surface area contributed by atoms with Gasteiger partial charge in [-0.25, -0.2) is 32.5 Å². The van der Waals surface area contributed by atoms with Gasteiger partial charge in [0.1, 0.15) is 58.4 Å². The predicted octanol–water partition coefficient (Wildman–Crippen LogP) is 6.08. The maximum absolute atomic E-state index is 15.2. The van der Waals surface area contributed by atoms with Gasteiger partial charge in [-0.15, -0.1) is 0 Å². The van der Waals surface area contributed by atoms with Crippen molar-refractivity contribution in [3.63, 3.8) is 0 Å². The summed E-state index contributed by atoms with van der Waals surface area (Å²) in [6, 6.07) is 3.66. The number of carboxylic acid groups (broad SMARTS) is 1. The highest BCUT2D eigenvalue weighted by atomic mass is 32.2. The molecule has 1 fully saturated rings. The SMILES string of the molecule is CC(C)[C@H](NC(=O)[C@@H]1CCCN1C(=O)[C@H](CC(=O)O)NC(=O)CCOCCOCCOCCNC(=O)[C@H](CCCCNC(=O)OC(C)(C)C)NC(=O)OC(C)(C)C)C(=O)N=[S@@](C)(=O)Cc1cc2cc(c1)OCCCCOc1cc(F)ccc1-c1nc(ncc1F)N2. The van der Waals surface area contributed by atoms with Crippen molar-refractivity contribution >= 4 is 69.1 Å². The third-order valence-corrected chi connectivity index (χ3v) is 14.8. The summed E-state index contributed by atoms with van der Waals surface area (Å²) in [6.07, 6.45) is 2.71. The molecule has 0 saturated carbocycles. The smallest absolute Gasteiger partial charge is 0.408 e. The average Bonchev–Trinajstić information content (AvgIpc) is 1.82. The molecule has 4 bridgehead atoms. The van der Waals surface area contributed by atoms with Crippen molar-refractivity contribution in [1.82, 2.24) is 41.5 Å². The highest BCUT2D eigenvalue weighted by Crippen LogP contribution is 2.33. The number of fused-ring (bicyclic) bond motifs is 6. The summed E-state index contributed by atoms with van der Waals surface area (Å²) in [6.45, 7) is 15.1. The van der Waals surface area contributed by atoms with E-state index in [1.807, 2.05) is 0 Å². The lowest BCUT2D eigenvalue weighted by molar-refractivity contribution is -0.146. The molecule has 1 saturated heterocycles. The lowest BCUT2D eigenvalue weighted by Gasteiger charge is -2.29. The van der Waals surface area contributed by atoms with Gasteiger partial charge in [0.05, 0.1) is 81.0 Å². The zero-order chi connectivity index (χ0) is 66.9. The van der Waals surface area contributed by atoms with Crippen LogP contribution in [0.2, 0.25) is 0 Å². The van der Waals surface area contributed by atoms with Crippen LogP contribution < -0.4 is 41.4 Å². The molecule has 1 aromatic heterocycles. The van der Waals surface area contributed by atoms with Crippen molar-refractivity contribution in [1.29, 1.82) is 0 Å². The molecule has 2 aromatic carbocycles.